The zero-order valence-electron chi connectivity index (χ0n) is 14.1. The highest BCUT2D eigenvalue weighted by molar-refractivity contribution is 14.1. The molecule has 2 aromatic heterocycles. The van der Waals surface area contributed by atoms with Gasteiger partial charge in [0.1, 0.15) is 0 Å². The minimum absolute atomic E-state index is 0.111. The van der Waals surface area contributed by atoms with Gasteiger partial charge in [-0.05, 0) is 58.5 Å². The number of alkyl halides is 3. The van der Waals surface area contributed by atoms with E-state index in [1.165, 1.54) is 24.5 Å². The van der Waals surface area contributed by atoms with Crippen molar-refractivity contribution < 1.29 is 18.0 Å². The van der Waals surface area contributed by atoms with E-state index in [-0.39, 0.29) is 11.3 Å². The van der Waals surface area contributed by atoms with Crippen LogP contribution in [0, 0.1) is 3.57 Å². The standard InChI is InChI=1S/C19H13F3IN3O2/c20-19(21,22)14-2-1-9-24-17(14)16(11-3-6-13(23)7-4-11)26-18(28)12-5-8-15(27)25-10-12/h1-10,16H,(H,25,27)(H,26,28). The predicted octanol–water partition coefficient (Wildman–Crippen LogP) is 3.91. The first-order valence-electron chi connectivity index (χ1n) is 8.03. The summed E-state index contributed by atoms with van der Waals surface area (Å²) in [5.74, 6) is -0.640. The summed E-state index contributed by atoms with van der Waals surface area (Å²) in [7, 11) is 0. The van der Waals surface area contributed by atoms with Gasteiger partial charge in [-0.2, -0.15) is 13.2 Å². The van der Waals surface area contributed by atoms with E-state index < -0.39 is 29.2 Å². The number of carbonyl (C=O) groups excluding carboxylic acids is 1. The third-order valence-electron chi connectivity index (χ3n) is 3.94. The molecule has 1 aromatic carbocycles. The molecule has 1 atom stereocenters. The lowest BCUT2D eigenvalue weighted by molar-refractivity contribution is -0.138. The van der Waals surface area contributed by atoms with Crippen molar-refractivity contribution >= 4 is 28.5 Å². The Morgan fingerprint density at radius 3 is 2.43 bits per heavy atom. The van der Waals surface area contributed by atoms with Gasteiger partial charge in [0.25, 0.3) is 5.91 Å². The van der Waals surface area contributed by atoms with Crippen molar-refractivity contribution in [1.82, 2.24) is 15.3 Å². The number of hydrogen-bond acceptors (Lipinski definition) is 3. The molecule has 0 aliphatic rings. The summed E-state index contributed by atoms with van der Waals surface area (Å²) < 4.78 is 41.4. The van der Waals surface area contributed by atoms with Gasteiger partial charge < -0.3 is 10.3 Å². The number of aromatic amines is 1. The maximum Gasteiger partial charge on any atom is 0.418 e. The molecule has 1 amide bonds. The lowest BCUT2D eigenvalue weighted by atomic mass is 9.98. The minimum Gasteiger partial charge on any atom is -0.339 e. The van der Waals surface area contributed by atoms with Crippen LogP contribution in [0.3, 0.4) is 0 Å². The van der Waals surface area contributed by atoms with Crippen molar-refractivity contribution in [3.8, 4) is 0 Å². The van der Waals surface area contributed by atoms with E-state index in [0.717, 1.165) is 15.7 Å². The number of carbonyl (C=O) groups is 1. The van der Waals surface area contributed by atoms with E-state index >= 15 is 0 Å². The molecule has 1 unspecified atom stereocenters. The van der Waals surface area contributed by atoms with Crippen molar-refractivity contribution in [3.05, 3.63) is 97.2 Å². The van der Waals surface area contributed by atoms with E-state index in [9.17, 15) is 22.8 Å². The van der Waals surface area contributed by atoms with Crippen LogP contribution >= 0.6 is 22.6 Å². The molecule has 0 fully saturated rings. The van der Waals surface area contributed by atoms with Gasteiger partial charge in [-0.15, -0.1) is 0 Å². The van der Waals surface area contributed by atoms with Crippen LogP contribution < -0.4 is 10.9 Å². The van der Waals surface area contributed by atoms with Crippen LogP contribution in [0.2, 0.25) is 0 Å². The number of halogens is 4. The number of aromatic nitrogens is 2. The van der Waals surface area contributed by atoms with Gasteiger partial charge in [-0.25, -0.2) is 0 Å². The summed E-state index contributed by atoms with van der Waals surface area (Å²) >= 11 is 2.08. The van der Waals surface area contributed by atoms with Gasteiger partial charge >= 0.3 is 6.18 Å². The maximum absolute atomic E-state index is 13.5. The molecule has 0 bridgehead atoms. The number of rotatable bonds is 4. The van der Waals surface area contributed by atoms with Crippen molar-refractivity contribution in [2.24, 2.45) is 0 Å². The van der Waals surface area contributed by atoms with Crippen molar-refractivity contribution in [1.29, 1.82) is 0 Å². The molecule has 3 aromatic rings. The second-order valence-electron chi connectivity index (χ2n) is 5.83. The highest BCUT2D eigenvalue weighted by Crippen LogP contribution is 2.35. The highest BCUT2D eigenvalue weighted by atomic mass is 127. The van der Waals surface area contributed by atoms with Crippen molar-refractivity contribution in [2.75, 3.05) is 0 Å². The molecule has 2 N–H and O–H groups in total. The first kappa shape index (κ1) is 20.1. The number of hydrogen-bond donors (Lipinski definition) is 2. The molecule has 0 spiro atoms. The second kappa shape index (κ2) is 8.13. The summed E-state index contributed by atoms with van der Waals surface area (Å²) in [4.78, 5) is 30.0. The van der Waals surface area contributed by atoms with Gasteiger partial charge in [0.05, 0.1) is 22.9 Å². The lowest BCUT2D eigenvalue weighted by Crippen LogP contribution is -2.32. The molecule has 0 aliphatic heterocycles. The number of pyridine rings is 2. The Morgan fingerprint density at radius 1 is 1.11 bits per heavy atom. The van der Waals surface area contributed by atoms with Crippen LogP contribution in [0.25, 0.3) is 0 Å². The fourth-order valence-corrected chi connectivity index (χ4v) is 2.98. The largest absolute Gasteiger partial charge is 0.418 e. The van der Waals surface area contributed by atoms with Crippen LogP contribution in [0.1, 0.15) is 33.2 Å². The Morgan fingerprint density at radius 2 is 1.82 bits per heavy atom. The molecule has 0 saturated carbocycles. The third-order valence-corrected chi connectivity index (χ3v) is 4.66. The first-order valence-corrected chi connectivity index (χ1v) is 9.11. The van der Waals surface area contributed by atoms with Gasteiger partial charge in [0.2, 0.25) is 5.56 Å². The highest BCUT2D eigenvalue weighted by Gasteiger charge is 2.37. The van der Waals surface area contributed by atoms with Gasteiger partial charge in [0, 0.05) is 22.0 Å². The number of benzene rings is 1. The minimum atomic E-state index is -4.63. The Kier molecular flexibility index (Phi) is 5.82. The number of nitrogens with one attached hydrogen (secondary N) is 2. The molecular weight excluding hydrogens is 486 g/mol. The normalized spacial score (nSPS) is 12.4. The Labute approximate surface area is 171 Å². The number of amides is 1. The topological polar surface area (TPSA) is 74.8 Å². The average molecular weight is 499 g/mol. The smallest absolute Gasteiger partial charge is 0.339 e. The molecule has 5 nitrogen and oxygen atoms in total. The average Bonchev–Trinajstić information content (AvgIpc) is 2.67. The molecule has 28 heavy (non-hydrogen) atoms. The zero-order chi connectivity index (χ0) is 20.3. The Balaban J connectivity index is 2.06. The Hall–Kier alpha value is -2.69. The van der Waals surface area contributed by atoms with E-state index in [1.54, 1.807) is 24.3 Å². The molecular formula is C19H13F3IN3O2. The summed E-state index contributed by atoms with van der Waals surface area (Å²) in [6.07, 6.45) is -2.18. The van der Waals surface area contributed by atoms with E-state index in [0.29, 0.717) is 5.56 Å². The molecule has 9 heteroatoms. The van der Waals surface area contributed by atoms with Crippen LogP contribution in [0.4, 0.5) is 13.2 Å². The van der Waals surface area contributed by atoms with Gasteiger partial charge in [-0.3, -0.25) is 14.6 Å². The lowest BCUT2D eigenvalue weighted by Gasteiger charge is -2.22. The summed E-state index contributed by atoms with van der Waals surface area (Å²) in [6.45, 7) is 0. The van der Waals surface area contributed by atoms with E-state index in [4.69, 9.17) is 0 Å². The maximum atomic E-state index is 13.5. The van der Waals surface area contributed by atoms with Crippen LogP contribution in [0.5, 0.6) is 0 Å². The summed E-state index contributed by atoms with van der Waals surface area (Å²) in [5, 5.41) is 2.59. The molecule has 3 rings (SSSR count). The third kappa shape index (κ3) is 4.58. The zero-order valence-corrected chi connectivity index (χ0v) is 16.3. The van der Waals surface area contributed by atoms with Gasteiger partial charge in [0.15, 0.2) is 0 Å². The molecule has 0 aliphatic carbocycles. The monoisotopic (exact) mass is 499 g/mol. The number of H-pyrrole nitrogens is 1. The van der Waals surface area contributed by atoms with Crippen LogP contribution in [0.15, 0.2) is 65.7 Å². The predicted molar refractivity (Wildman–Crippen MR) is 105 cm³/mol. The molecule has 2 heterocycles. The fraction of sp³-hybridized carbons (Fsp3) is 0.105. The quantitative estimate of drug-likeness (QED) is 0.535. The molecule has 0 radical (unpaired) electrons. The fourth-order valence-electron chi connectivity index (χ4n) is 2.62. The summed E-state index contributed by atoms with van der Waals surface area (Å²) in [6, 6.07) is 10.2. The van der Waals surface area contributed by atoms with Crippen LogP contribution in [-0.2, 0) is 6.18 Å². The molecule has 144 valence electrons. The second-order valence-corrected chi connectivity index (χ2v) is 7.08. The number of nitrogens with zero attached hydrogens (tertiary/aromatic N) is 1. The SMILES string of the molecule is O=C(NC(c1ccc(I)cc1)c1ncccc1C(F)(F)F)c1ccc(=O)[nH]c1. The van der Waals surface area contributed by atoms with Crippen molar-refractivity contribution in [3.63, 3.8) is 0 Å². The summed E-state index contributed by atoms with van der Waals surface area (Å²) in [5.41, 5.74) is -1.08. The van der Waals surface area contributed by atoms with Crippen LogP contribution in [-0.4, -0.2) is 15.9 Å². The van der Waals surface area contributed by atoms with E-state index in [2.05, 4.69) is 37.9 Å². The first-order chi connectivity index (χ1) is 13.3. The van der Waals surface area contributed by atoms with Gasteiger partial charge in [-0.1, -0.05) is 12.1 Å². The Bertz CT molecular complexity index is 1030. The van der Waals surface area contributed by atoms with Crippen molar-refractivity contribution in [2.45, 2.75) is 12.2 Å². The van der Waals surface area contributed by atoms with E-state index in [1.807, 2.05) is 0 Å². The molecule has 0 saturated heterocycles.